The smallest absolute Gasteiger partial charge is 0.246 e. The molecule has 0 aliphatic rings. The van der Waals surface area contributed by atoms with E-state index in [1.165, 1.54) is 12.1 Å². The number of benzene rings is 1. The predicted molar refractivity (Wildman–Crippen MR) is 80.8 cm³/mol. The molecule has 2 aromatic rings. The van der Waals surface area contributed by atoms with Gasteiger partial charge in [-0.05, 0) is 42.3 Å². The van der Waals surface area contributed by atoms with Gasteiger partial charge in [0.2, 0.25) is 5.91 Å². The molecule has 108 valence electrons. The van der Waals surface area contributed by atoms with Crippen LogP contribution in [0, 0.1) is 5.82 Å². The van der Waals surface area contributed by atoms with E-state index >= 15 is 0 Å². The number of hydrogen-bond donors (Lipinski definition) is 0. The summed E-state index contributed by atoms with van der Waals surface area (Å²) in [5, 5.41) is 0. The number of hydrogen-bond acceptors (Lipinski definition) is 2. The zero-order valence-corrected chi connectivity index (χ0v) is 12.1. The molecule has 0 fully saturated rings. The maximum absolute atomic E-state index is 12.9. The fourth-order valence-electron chi connectivity index (χ4n) is 1.90. The molecule has 0 N–H and O–H groups in total. The number of likely N-dealkylation sites (N-methyl/N-ethyl adjacent to an activating group) is 1. The van der Waals surface area contributed by atoms with E-state index < -0.39 is 0 Å². The van der Waals surface area contributed by atoms with E-state index in [-0.39, 0.29) is 11.7 Å². The lowest BCUT2D eigenvalue weighted by Crippen LogP contribution is -2.24. The van der Waals surface area contributed by atoms with Crippen LogP contribution in [0.5, 0.6) is 0 Å². The van der Waals surface area contributed by atoms with Crippen molar-refractivity contribution in [2.45, 2.75) is 13.5 Å². The van der Waals surface area contributed by atoms with Crippen LogP contribution in [0.25, 0.3) is 5.57 Å². The minimum absolute atomic E-state index is 0.109. The van der Waals surface area contributed by atoms with Gasteiger partial charge in [-0.3, -0.25) is 9.78 Å². The van der Waals surface area contributed by atoms with Crippen molar-refractivity contribution in [2.24, 2.45) is 0 Å². The fourth-order valence-corrected chi connectivity index (χ4v) is 1.90. The zero-order valence-electron chi connectivity index (χ0n) is 12.1. The maximum Gasteiger partial charge on any atom is 0.246 e. The summed E-state index contributed by atoms with van der Waals surface area (Å²) in [6.07, 6.45) is 3.25. The highest BCUT2D eigenvalue weighted by Gasteiger charge is 2.08. The van der Waals surface area contributed by atoms with Crippen molar-refractivity contribution in [3.05, 3.63) is 71.8 Å². The molecule has 0 aliphatic carbocycles. The number of pyridine rings is 1. The van der Waals surface area contributed by atoms with Crippen LogP contribution < -0.4 is 0 Å². The van der Waals surface area contributed by atoms with E-state index in [4.69, 9.17) is 0 Å². The van der Waals surface area contributed by atoms with E-state index in [2.05, 4.69) is 4.98 Å². The highest BCUT2D eigenvalue weighted by molar-refractivity contribution is 5.94. The summed E-state index contributed by atoms with van der Waals surface area (Å²) in [5.41, 5.74) is 2.46. The molecule has 0 unspecified atom stereocenters. The first kappa shape index (κ1) is 14.9. The Hall–Kier alpha value is -2.49. The highest BCUT2D eigenvalue weighted by Crippen LogP contribution is 2.14. The lowest BCUT2D eigenvalue weighted by Gasteiger charge is -2.15. The van der Waals surface area contributed by atoms with Crippen LogP contribution in [0.2, 0.25) is 0 Å². The van der Waals surface area contributed by atoms with E-state index in [0.29, 0.717) is 6.54 Å². The van der Waals surface area contributed by atoms with Crippen LogP contribution in [0.1, 0.15) is 18.2 Å². The average Bonchev–Trinajstić information content (AvgIpc) is 2.48. The summed E-state index contributed by atoms with van der Waals surface area (Å²) in [5.74, 6) is -0.396. The Bertz CT molecular complexity index is 636. The van der Waals surface area contributed by atoms with Crippen molar-refractivity contribution in [3.8, 4) is 0 Å². The molecule has 0 spiro atoms. The van der Waals surface area contributed by atoms with Gasteiger partial charge in [-0.25, -0.2) is 4.39 Å². The molecular weight excluding hydrogens is 267 g/mol. The molecule has 0 atom stereocenters. The van der Waals surface area contributed by atoms with Crippen LogP contribution in [-0.2, 0) is 11.3 Å². The van der Waals surface area contributed by atoms with Crippen LogP contribution in [0.15, 0.2) is 54.7 Å². The lowest BCUT2D eigenvalue weighted by molar-refractivity contribution is -0.125. The molecule has 21 heavy (non-hydrogen) atoms. The number of nitrogens with zero attached hydrogens (tertiary/aromatic N) is 2. The first-order valence-electron chi connectivity index (χ1n) is 6.65. The highest BCUT2D eigenvalue weighted by atomic mass is 19.1. The minimum atomic E-state index is -0.287. The number of carbonyl (C=O) groups is 1. The Kier molecular flexibility index (Phi) is 4.82. The minimum Gasteiger partial charge on any atom is -0.336 e. The molecule has 3 nitrogen and oxygen atoms in total. The largest absolute Gasteiger partial charge is 0.336 e. The van der Waals surface area contributed by atoms with Crippen molar-refractivity contribution in [1.82, 2.24) is 9.88 Å². The predicted octanol–water partition coefficient (Wildman–Crippen LogP) is 3.28. The monoisotopic (exact) mass is 284 g/mol. The standard InChI is InChI=1S/C17H17FN2O/c1-13(14-6-8-15(18)9-7-14)11-17(21)20(2)12-16-5-3-4-10-19-16/h3-11H,12H2,1-2H3. The molecule has 0 aliphatic heterocycles. The maximum atomic E-state index is 12.9. The molecule has 0 radical (unpaired) electrons. The van der Waals surface area contributed by atoms with Gasteiger partial charge in [0.15, 0.2) is 0 Å². The van der Waals surface area contributed by atoms with Crippen molar-refractivity contribution in [1.29, 1.82) is 0 Å². The molecule has 0 bridgehead atoms. The van der Waals surface area contributed by atoms with E-state index in [1.54, 1.807) is 36.4 Å². The third-order valence-corrected chi connectivity index (χ3v) is 3.14. The molecule has 0 saturated heterocycles. The lowest BCUT2D eigenvalue weighted by atomic mass is 10.1. The van der Waals surface area contributed by atoms with Gasteiger partial charge in [0.25, 0.3) is 0 Å². The number of halogens is 1. The molecule has 1 amide bonds. The Morgan fingerprint density at radius 3 is 2.57 bits per heavy atom. The van der Waals surface area contributed by atoms with Crippen molar-refractivity contribution in [2.75, 3.05) is 7.05 Å². The molecule has 1 aromatic carbocycles. The summed E-state index contributed by atoms with van der Waals surface area (Å²) in [6.45, 7) is 2.28. The second kappa shape index (κ2) is 6.79. The Balaban J connectivity index is 2.05. The number of rotatable bonds is 4. The Morgan fingerprint density at radius 1 is 1.24 bits per heavy atom. The van der Waals surface area contributed by atoms with Gasteiger partial charge >= 0.3 is 0 Å². The molecule has 1 heterocycles. The van der Waals surface area contributed by atoms with Gasteiger partial charge in [-0.1, -0.05) is 18.2 Å². The van der Waals surface area contributed by atoms with Crippen LogP contribution in [-0.4, -0.2) is 22.8 Å². The van der Waals surface area contributed by atoms with Gasteiger partial charge in [0.1, 0.15) is 5.82 Å². The van der Waals surface area contributed by atoms with Gasteiger partial charge in [0.05, 0.1) is 12.2 Å². The first-order valence-corrected chi connectivity index (χ1v) is 6.65. The van der Waals surface area contributed by atoms with E-state index in [1.807, 2.05) is 25.1 Å². The Labute approximate surface area is 123 Å². The Morgan fingerprint density at radius 2 is 1.95 bits per heavy atom. The summed E-state index contributed by atoms with van der Waals surface area (Å²) >= 11 is 0. The summed E-state index contributed by atoms with van der Waals surface area (Å²) in [7, 11) is 1.73. The van der Waals surface area contributed by atoms with Gasteiger partial charge < -0.3 is 4.90 Å². The average molecular weight is 284 g/mol. The SMILES string of the molecule is CC(=CC(=O)N(C)Cc1ccccn1)c1ccc(F)cc1. The topological polar surface area (TPSA) is 33.2 Å². The number of allylic oxidation sites excluding steroid dienone is 1. The fraction of sp³-hybridized carbons (Fsp3) is 0.176. The normalized spacial score (nSPS) is 11.3. The zero-order chi connectivity index (χ0) is 15.2. The molecule has 2 rings (SSSR count). The van der Waals surface area contributed by atoms with E-state index in [0.717, 1.165) is 16.8 Å². The molecular formula is C17H17FN2O. The quantitative estimate of drug-likeness (QED) is 0.807. The van der Waals surface area contributed by atoms with Gasteiger partial charge in [0, 0.05) is 19.3 Å². The number of carbonyl (C=O) groups excluding carboxylic acids is 1. The van der Waals surface area contributed by atoms with Crippen LogP contribution >= 0.6 is 0 Å². The molecule has 0 saturated carbocycles. The third-order valence-electron chi connectivity index (χ3n) is 3.14. The van der Waals surface area contributed by atoms with E-state index in [9.17, 15) is 9.18 Å². The van der Waals surface area contributed by atoms with Crippen LogP contribution in [0.3, 0.4) is 0 Å². The number of aromatic nitrogens is 1. The summed E-state index contributed by atoms with van der Waals surface area (Å²) in [6, 6.07) is 11.7. The second-order valence-corrected chi connectivity index (χ2v) is 4.85. The van der Waals surface area contributed by atoms with Crippen LogP contribution in [0.4, 0.5) is 4.39 Å². The molecule has 4 heteroatoms. The molecule has 1 aromatic heterocycles. The van der Waals surface area contributed by atoms with Gasteiger partial charge in [-0.2, -0.15) is 0 Å². The van der Waals surface area contributed by atoms with Crippen molar-refractivity contribution < 1.29 is 9.18 Å². The van der Waals surface area contributed by atoms with Crippen molar-refractivity contribution >= 4 is 11.5 Å². The summed E-state index contributed by atoms with van der Waals surface area (Å²) in [4.78, 5) is 17.9. The van der Waals surface area contributed by atoms with Gasteiger partial charge in [-0.15, -0.1) is 0 Å². The number of amides is 1. The third kappa shape index (κ3) is 4.24. The summed E-state index contributed by atoms with van der Waals surface area (Å²) < 4.78 is 12.9. The first-order chi connectivity index (χ1) is 10.1. The van der Waals surface area contributed by atoms with Crippen molar-refractivity contribution in [3.63, 3.8) is 0 Å². The second-order valence-electron chi connectivity index (χ2n) is 4.85.